The maximum Gasteiger partial charge on any atom is 0.159 e. The Kier molecular flexibility index (Phi) is 3.39. The summed E-state index contributed by atoms with van der Waals surface area (Å²) in [6.07, 6.45) is 7.06. The van der Waals surface area contributed by atoms with Crippen LogP contribution in [-0.4, -0.2) is 19.9 Å². The van der Waals surface area contributed by atoms with E-state index in [1.807, 2.05) is 12.1 Å². The van der Waals surface area contributed by atoms with Crippen molar-refractivity contribution >= 4 is 21.5 Å². The second-order valence-electron chi connectivity index (χ2n) is 6.08. The van der Waals surface area contributed by atoms with Gasteiger partial charge in [0.2, 0.25) is 0 Å². The first-order chi connectivity index (χ1) is 12.9. The van der Waals surface area contributed by atoms with Crippen molar-refractivity contribution in [3.63, 3.8) is 0 Å². The standard InChI is InChI=1S/C22H14N4/c1-9-23-21(24-10-1)17-5-7-19-15(13-17)3-4-16-14-18(6-8-20(16)19)22-25-11-2-12-26-22/h1-14H. The SMILES string of the molecule is c1cnc(-c2ccc3c(ccc4cc(-c5ncccn5)ccc43)c2)nc1. The molecular weight excluding hydrogens is 320 g/mol. The lowest BCUT2D eigenvalue weighted by Crippen LogP contribution is -1.88. The molecule has 0 atom stereocenters. The van der Waals surface area contributed by atoms with Gasteiger partial charge >= 0.3 is 0 Å². The van der Waals surface area contributed by atoms with Gasteiger partial charge in [0.15, 0.2) is 11.6 Å². The molecule has 0 amide bonds. The zero-order valence-electron chi connectivity index (χ0n) is 13.9. The molecule has 5 rings (SSSR count). The van der Waals surface area contributed by atoms with Crippen LogP contribution in [0.5, 0.6) is 0 Å². The number of rotatable bonds is 2. The number of fused-ring (bicyclic) bond motifs is 3. The molecule has 0 aliphatic carbocycles. The van der Waals surface area contributed by atoms with Gasteiger partial charge in [-0.25, -0.2) is 19.9 Å². The van der Waals surface area contributed by atoms with Gasteiger partial charge in [0.05, 0.1) is 0 Å². The first-order valence-electron chi connectivity index (χ1n) is 8.40. The molecule has 0 bridgehead atoms. The Balaban J connectivity index is 1.66. The summed E-state index contributed by atoms with van der Waals surface area (Å²) in [4.78, 5) is 17.4. The van der Waals surface area contributed by atoms with E-state index in [-0.39, 0.29) is 0 Å². The fraction of sp³-hybridized carbons (Fsp3) is 0. The molecule has 0 N–H and O–H groups in total. The summed E-state index contributed by atoms with van der Waals surface area (Å²) >= 11 is 0. The molecule has 4 heteroatoms. The number of hydrogen-bond donors (Lipinski definition) is 0. The molecule has 122 valence electrons. The highest BCUT2D eigenvalue weighted by molar-refractivity contribution is 6.09. The third-order valence-corrected chi connectivity index (χ3v) is 4.48. The Hall–Kier alpha value is -3.66. The molecule has 2 heterocycles. The number of hydrogen-bond acceptors (Lipinski definition) is 4. The van der Waals surface area contributed by atoms with Crippen molar-refractivity contribution in [2.75, 3.05) is 0 Å². The van der Waals surface area contributed by atoms with Crippen LogP contribution in [0, 0.1) is 0 Å². The highest BCUT2D eigenvalue weighted by atomic mass is 14.9. The summed E-state index contributed by atoms with van der Waals surface area (Å²) in [5.74, 6) is 1.48. The lowest BCUT2D eigenvalue weighted by Gasteiger charge is -2.08. The van der Waals surface area contributed by atoms with E-state index >= 15 is 0 Å². The van der Waals surface area contributed by atoms with Gasteiger partial charge in [0, 0.05) is 35.9 Å². The zero-order valence-corrected chi connectivity index (χ0v) is 13.9. The Labute approximate surface area is 150 Å². The maximum atomic E-state index is 4.34. The summed E-state index contributed by atoms with van der Waals surface area (Å²) in [5.41, 5.74) is 2.04. The molecule has 0 aliphatic rings. The fourth-order valence-corrected chi connectivity index (χ4v) is 3.25. The molecule has 0 unspecified atom stereocenters. The average Bonchev–Trinajstić information content (AvgIpc) is 2.74. The van der Waals surface area contributed by atoms with Crippen LogP contribution in [0.4, 0.5) is 0 Å². The second-order valence-corrected chi connectivity index (χ2v) is 6.08. The van der Waals surface area contributed by atoms with Crippen molar-refractivity contribution in [1.82, 2.24) is 19.9 Å². The van der Waals surface area contributed by atoms with Crippen molar-refractivity contribution in [2.24, 2.45) is 0 Å². The van der Waals surface area contributed by atoms with Crippen molar-refractivity contribution in [3.8, 4) is 22.8 Å². The highest BCUT2D eigenvalue weighted by Gasteiger charge is 2.07. The summed E-state index contributed by atoms with van der Waals surface area (Å²) in [6.45, 7) is 0. The van der Waals surface area contributed by atoms with E-state index in [1.54, 1.807) is 24.8 Å². The Morgan fingerprint density at radius 3 is 1.31 bits per heavy atom. The molecular formula is C22H14N4. The lowest BCUT2D eigenvalue weighted by atomic mass is 9.98. The summed E-state index contributed by atoms with van der Waals surface area (Å²) < 4.78 is 0. The molecule has 0 fully saturated rings. The minimum absolute atomic E-state index is 0.742. The van der Waals surface area contributed by atoms with Crippen LogP contribution in [0.2, 0.25) is 0 Å². The molecule has 0 saturated heterocycles. The second kappa shape index (κ2) is 6.01. The fourth-order valence-electron chi connectivity index (χ4n) is 3.25. The smallest absolute Gasteiger partial charge is 0.159 e. The first-order valence-corrected chi connectivity index (χ1v) is 8.40. The summed E-state index contributed by atoms with van der Waals surface area (Å²) in [6, 6.07) is 20.6. The van der Waals surface area contributed by atoms with Crippen LogP contribution in [0.15, 0.2) is 85.5 Å². The van der Waals surface area contributed by atoms with Gasteiger partial charge in [-0.1, -0.05) is 36.4 Å². The van der Waals surface area contributed by atoms with Crippen LogP contribution < -0.4 is 0 Å². The van der Waals surface area contributed by atoms with Crippen molar-refractivity contribution in [1.29, 1.82) is 0 Å². The van der Waals surface area contributed by atoms with Gasteiger partial charge in [-0.3, -0.25) is 0 Å². The van der Waals surface area contributed by atoms with Crippen molar-refractivity contribution in [3.05, 3.63) is 85.5 Å². The third kappa shape index (κ3) is 2.48. The molecule has 0 saturated carbocycles. The molecule has 26 heavy (non-hydrogen) atoms. The van der Waals surface area contributed by atoms with Gasteiger partial charge in [-0.15, -0.1) is 0 Å². The number of benzene rings is 3. The predicted octanol–water partition coefficient (Wildman–Crippen LogP) is 4.91. The van der Waals surface area contributed by atoms with E-state index in [0.29, 0.717) is 0 Å². The monoisotopic (exact) mass is 334 g/mol. The van der Waals surface area contributed by atoms with Crippen LogP contribution >= 0.6 is 0 Å². The van der Waals surface area contributed by atoms with Gasteiger partial charge in [0.25, 0.3) is 0 Å². The predicted molar refractivity (Wildman–Crippen MR) is 104 cm³/mol. The molecule has 0 spiro atoms. The minimum atomic E-state index is 0.742. The largest absolute Gasteiger partial charge is 0.237 e. The normalized spacial score (nSPS) is 11.1. The Morgan fingerprint density at radius 1 is 0.462 bits per heavy atom. The van der Waals surface area contributed by atoms with E-state index in [2.05, 4.69) is 68.5 Å². The van der Waals surface area contributed by atoms with Gasteiger partial charge < -0.3 is 0 Å². The van der Waals surface area contributed by atoms with Crippen LogP contribution in [0.25, 0.3) is 44.3 Å². The van der Waals surface area contributed by atoms with Gasteiger partial charge in [-0.05, 0) is 45.8 Å². The number of nitrogens with zero attached hydrogens (tertiary/aromatic N) is 4. The highest BCUT2D eigenvalue weighted by Crippen LogP contribution is 2.30. The van der Waals surface area contributed by atoms with Crippen LogP contribution in [-0.2, 0) is 0 Å². The van der Waals surface area contributed by atoms with E-state index in [1.165, 1.54) is 21.5 Å². The molecule has 5 aromatic rings. The van der Waals surface area contributed by atoms with Crippen LogP contribution in [0.1, 0.15) is 0 Å². The van der Waals surface area contributed by atoms with E-state index in [0.717, 1.165) is 22.8 Å². The average molecular weight is 334 g/mol. The van der Waals surface area contributed by atoms with Crippen molar-refractivity contribution < 1.29 is 0 Å². The quantitative estimate of drug-likeness (QED) is 0.431. The minimum Gasteiger partial charge on any atom is -0.237 e. The Bertz CT molecular complexity index is 1120. The van der Waals surface area contributed by atoms with Gasteiger partial charge in [-0.2, -0.15) is 0 Å². The van der Waals surface area contributed by atoms with Crippen molar-refractivity contribution in [2.45, 2.75) is 0 Å². The maximum absolute atomic E-state index is 4.34. The third-order valence-electron chi connectivity index (χ3n) is 4.48. The molecule has 2 aromatic heterocycles. The lowest BCUT2D eigenvalue weighted by molar-refractivity contribution is 1.18. The van der Waals surface area contributed by atoms with E-state index in [9.17, 15) is 0 Å². The summed E-state index contributed by atoms with van der Waals surface area (Å²) in [7, 11) is 0. The van der Waals surface area contributed by atoms with E-state index < -0.39 is 0 Å². The van der Waals surface area contributed by atoms with E-state index in [4.69, 9.17) is 0 Å². The Morgan fingerprint density at radius 2 is 0.885 bits per heavy atom. The zero-order chi connectivity index (χ0) is 17.3. The molecule has 3 aromatic carbocycles. The first kappa shape index (κ1) is 14.7. The summed E-state index contributed by atoms with van der Waals surface area (Å²) in [5, 5.41) is 4.77. The van der Waals surface area contributed by atoms with Gasteiger partial charge in [0.1, 0.15) is 0 Å². The molecule has 0 radical (unpaired) electrons. The van der Waals surface area contributed by atoms with Crippen LogP contribution in [0.3, 0.4) is 0 Å². The topological polar surface area (TPSA) is 51.6 Å². The molecule has 4 nitrogen and oxygen atoms in total. The number of aromatic nitrogens is 4. The molecule has 0 aliphatic heterocycles.